The molecule has 0 aliphatic carbocycles. The van der Waals surface area contributed by atoms with E-state index < -0.39 is 0 Å². The minimum atomic E-state index is -0.0447. The Morgan fingerprint density at radius 2 is 1.47 bits per heavy atom. The lowest BCUT2D eigenvalue weighted by atomic mass is 9.91. The highest BCUT2D eigenvalue weighted by Gasteiger charge is 2.15. The van der Waals surface area contributed by atoms with Crippen LogP contribution in [0.15, 0.2) is 0 Å². The van der Waals surface area contributed by atoms with Crippen molar-refractivity contribution >= 4 is 0 Å². The molecule has 0 spiro atoms. The summed E-state index contributed by atoms with van der Waals surface area (Å²) in [5.74, 6) is 0. The Morgan fingerprint density at radius 1 is 0.933 bits per heavy atom. The van der Waals surface area contributed by atoms with Gasteiger partial charge in [0, 0.05) is 20.3 Å². The molecule has 4 heteroatoms. The van der Waals surface area contributed by atoms with E-state index in [4.69, 9.17) is 19.3 Å². The van der Waals surface area contributed by atoms with Gasteiger partial charge in [0.1, 0.15) is 0 Å². The zero-order chi connectivity index (χ0) is 11.6. The maximum atomic E-state index is 9.00. The fourth-order valence-electron chi connectivity index (χ4n) is 0.892. The molecule has 0 heterocycles. The van der Waals surface area contributed by atoms with Crippen LogP contribution in [0.5, 0.6) is 0 Å². The van der Waals surface area contributed by atoms with Gasteiger partial charge in [0.25, 0.3) is 0 Å². The molecule has 0 aliphatic rings. The molecule has 0 radical (unpaired) electrons. The molecule has 0 unspecified atom stereocenters. The molecule has 1 N–H and O–H groups in total. The van der Waals surface area contributed by atoms with Gasteiger partial charge in [0.05, 0.1) is 26.4 Å². The van der Waals surface area contributed by atoms with Crippen LogP contribution >= 0.6 is 0 Å². The molecular weight excluding hydrogens is 196 g/mol. The average Bonchev–Trinajstić information content (AvgIpc) is 2.22. The Hall–Kier alpha value is -0.160. The second-order valence-corrected chi connectivity index (χ2v) is 4.29. The SMILES string of the molecule is COCCOCCOCCC(C)(C)CO. The number of aliphatic hydroxyl groups is 1. The molecule has 0 bridgehead atoms. The van der Waals surface area contributed by atoms with Gasteiger partial charge >= 0.3 is 0 Å². The zero-order valence-electron chi connectivity index (χ0n) is 10.1. The molecule has 0 saturated carbocycles. The zero-order valence-corrected chi connectivity index (χ0v) is 10.1. The number of ether oxygens (including phenoxy) is 3. The maximum absolute atomic E-state index is 9.00. The van der Waals surface area contributed by atoms with Crippen LogP contribution in [0.25, 0.3) is 0 Å². The lowest BCUT2D eigenvalue weighted by molar-refractivity contribution is 0.0142. The van der Waals surface area contributed by atoms with Gasteiger partial charge in [-0.25, -0.2) is 0 Å². The standard InChI is InChI=1S/C11H24O4/c1-11(2,10-12)4-5-14-8-9-15-7-6-13-3/h12H,4-10H2,1-3H3. The van der Waals surface area contributed by atoms with E-state index in [1.165, 1.54) is 0 Å². The van der Waals surface area contributed by atoms with Gasteiger partial charge in [-0.3, -0.25) is 0 Å². The fraction of sp³-hybridized carbons (Fsp3) is 1.00. The topological polar surface area (TPSA) is 47.9 Å². The van der Waals surface area contributed by atoms with Crippen LogP contribution in [0, 0.1) is 5.41 Å². The number of aliphatic hydroxyl groups excluding tert-OH is 1. The molecule has 0 amide bonds. The van der Waals surface area contributed by atoms with Crippen molar-refractivity contribution in [1.29, 1.82) is 0 Å². The molecule has 0 aromatic rings. The average molecular weight is 220 g/mol. The van der Waals surface area contributed by atoms with Gasteiger partial charge in [-0.15, -0.1) is 0 Å². The Labute approximate surface area is 92.5 Å². The highest BCUT2D eigenvalue weighted by molar-refractivity contribution is 4.65. The third-order valence-electron chi connectivity index (χ3n) is 2.16. The number of methoxy groups -OCH3 is 1. The van der Waals surface area contributed by atoms with Crippen molar-refractivity contribution < 1.29 is 19.3 Å². The quantitative estimate of drug-likeness (QED) is 0.560. The van der Waals surface area contributed by atoms with Crippen molar-refractivity contribution in [3.05, 3.63) is 0 Å². The van der Waals surface area contributed by atoms with Crippen molar-refractivity contribution in [2.24, 2.45) is 5.41 Å². The summed E-state index contributed by atoms with van der Waals surface area (Å²) in [4.78, 5) is 0. The van der Waals surface area contributed by atoms with E-state index in [0.29, 0.717) is 33.0 Å². The summed E-state index contributed by atoms with van der Waals surface area (Å²) >= 11 is 0. The van der Waals surface area contributed by atoms with E-state index in [1.54, 1.807) is 7.11 Å². The highest BCUT2D eigenvalue weighted by Crippen LogP contribution is 2.18. The number of hydrogen-bond donors (Lipinski definition) is 1. The highest BCUT2D eigenvalue weighted by atomic mass is 16.5. The molecular formula is C11H24O4. The minimum Gasteiger partial charge on any atom is -0.396 e. The summed E-state index contributed by atoms with van der Waals surface area (Å²) in [7, 11) is 1.65. The first-order valence-corrected chi connectivity index (χ1v) is 5.37. The summed E-state index contributed by atoms with van der Waals surface area (Å²) in [6.45, 7) is 7.34. The number of hydrogen-bond acceptors (Lipinski definition) is 4. The summed E-state index contributed by atoms with van der Waals surface area (Å²) < 4.78 is 15.4. The van der Waals surface area contributed by atoms with Gasteiger partial charge in [-0.05, 0) is 11.8 Å². The molecule has 0 aromatic heterocycles. The molecule has 0 fully saturated rings. The van der Waals surface area contributed by atoms with E-state index in [0.717, 1.165) is 6.42 Å². The molecule has 0 rings (SSSR count). The van der Waals surface area contributed by atoms with Gasteiger partial charge < -0.3 is 19.3 Å². The van der Waals surface area contributed by atoms with Crippen LogP contribution in [-0.4, -0.2) is 51.9 Å². The maximum Gasteiger partial charge on any atom is 0.0701 e. The first-order chi connectivity index (χ1) is 7.12. The van der Waals surface area contributed by atoms with Gasteiger partial charge in [-0.2, -0.15) is 0 Å². The second kappa shape index (κ2) is 9.09. The van der Waals surface area contributed by atoms with Crippen LogP contribution in [0.1, 0.15) is 20.3 Å². The lowest BCUT2D eigenvalue weighted by Gasteiger charge is -2.20. The predicted molar refractivity (Wildman–Crippen MR) is 59.0 cm³/mol. The van der Waals surface area contributed by atoms with E-state index in [9.17, 15) is 0 Å². The summed E-state index contributed by atoms with van der Waals surface area (Å²) in [5, 5.41) is 9.00. The number of rotatable bonds is 10. The van der Waals surface area contributed by atoms with Crippen LogP contribution < -0.4 is 0 Å². The molecule has 0 atom stereocenters. The van der Waals surface area contributed by atoms with Crippen LogP contribution in [-0.2, 0) is 14.2 Å². The van der Waals surface area contributed by atoms with Crippen LogP contribution in [0.2, 0.25) is 0 Å². The van der Waals surface area contributed by atoms with Crippen molar-refractivity contribution in [3.63, 3.8) is 0 Å². The largest absolute Gasteiger partial charge is 0.396 e. The van der Waals surface area contributed by atoms with Gasteiger partial charge in [0.15, 0.2) is 0 Å². The smallest absolute Gasteiger partial charge is 0.0701 e. The Bertz CT molecular complexity index is 137. The van der Waals surface area contributed by atoms with E-state index in [1.807, 2.05) is 13.8 Å². The van der Waals surface area contributed by atoms with Crippen molar-refractivity contribution in [2.75, 3.05) is 46.8 Å². The molecule has 92 valence electrons. The summed E-state index contributed by atoms with van der Waals surface area (Å²) in [6.07, 6.45) is 0.863. The monoisotopic (exact) mass is 220 g/mol. The van der Waals surface area contributed by atoms with E-state index >= 15 is 0 Å². The molecule has 0 saturated heterocycles. The Kier molecular flexibility index (Phi) is 9.00. The third-order valence-corrected chi connectivity index (χ3v) is 2.16. The molecule has 0 aliphatic heterocycles. The van der Waals surface area contributed by atoms with Crippen LogP contribution in [0.3, 0.4) is 0 Å². The summed E-state index contributed by atoms with van der Waals surface area (Å²) in [6, 6.07) is 0. The third kappa shape index (κ3) is 10.1. The molecule has 15 heavy (non-hydrogen) atoms. The van der Waals surface area contributed by atoms with Crippen LogP contribution in [0.4, 0.5) is 0 Å². The lowest BCUT2D eigenvalue weighted by Crippen LogP contribution is -2.19. The Morgan fingerprint density at radius 3 is 2.00 bits per heavy atom. The van der Waals surface area contributed by atoms with E-state index in [2.05, 4.69) is 0 Å². The normalized spacial score (nSPS) is 12.0. The first-order valence-electron chi connectivity index (χ1n) is 5.37. The Balaban J connectivity index is 3.11. The fourth-order valence-corrected chi connectivity index (χ4v) is 0.892. The van der Waals surface area contributed by atoms with Crippen molar-refractivity contribution in [2.45, 2.75) is 20.3 Å². The summed E-state index contributed by atoms with van der Waals surface area (Å²) in [5.41, 5.74) is -0.0447. The predicted octanol–water partition coefficient (Wildman–Crippen LogP) is 1.07. The van der Waals surface area contributed by atoms with Crippen molar-refractivity contribution in [1.82, 2.24) is 0 Å². The second-order valence-electron chi connectivity index (χ2n) is 4.29. The minimum absolute atomic E-state index is 0.0447. The van der Waals surface area contributed by atoms with E-state index in [-0.39, 0.29) is 12.0 Å². The molecule has 4 nitrogen and oxygen atoms in total. The molecule has 0 aromatic carbocycles. The van der Waals surface area contributed by atoms with Gasteiger partial charge in [-0.1, -0.05) is 13.8 Å². The van der Waals surface area contributed by atoms with Gasteiger partial charge in [0.2, 0.25) is 0 Å². The van der Waals surface area contributed by atoms with Crippen molar-refractivity contribution in [3.8, 4) is 0 Å². The first kappa shape index (κ1) is 14.8.